The SMILES string of the molecule is CCNc1cncc(NCC(C)CSC)n1. The predicted molar refractivity (Wildman–Crippen MR) is 72.2 cm³/mol. The summed E-state index contributed by atoms with van der Waals surface area (Å²) in [4.78, 5) is 8.54. The maximum Gasteiger partial charge on any atom is 0.146 e. The Morgan fingerprint density at radius 3 is 2.62 bits per heavy atom. The van der Waals surface area contributed by atoms with Crippen molar-refractivity contribution in [1.82, 2.24) is 9.97 Å². The van der Waals surface area contributed by atoms with Gasteiger partial charge in [-0.25, -0.2) is 4.98 Å². The first-order chi connectivity index (χ1) is 7.76. The van der Waals surface area contributed by atoms with Crippen LogP contribution in [0.3, 0.4) is 0 Å². The van der Waals surface area contributed by atoms with Crippen molar-refractivity contribution in [2.45, 2.75) is 13.8 Å². The summed E-state index contributed by atoms with van der Waals surface area (Å²) in [5.74, 6) is 3.46. The van der Waals surface area contributed by atoms with Crippen molar-refractivity contribution < 1.29 is 0 Å². The third-order valence-corrected chi connectivity index (χ3v) is 2.98. The topological polar surface area (TPSA) is 49.8 Å². The van der Waals surface area contributed by atoms with Crippen LogP contribution in [0.25, 0.3) is 0 Å². The van der Waals surface area contributed by atoms with Crippen LogP contribution in [0.1, 0.15) is 13.8 Å². The molecule has 1 atom stereocenters. The fourth-order valence-electron chi connectivity index (χ4n) is 1.34. The zero-order valence-electron chi connectivity index (χ0n) is 10.2. The van der Waals surface area contributed by atoms with Crippen LogP contribution >= 0.6 is 11.8 Å². The number of hydrogen-bond donors (Lipinski definition) is 2. The van der Waals surface area contributed by atoms with Crippen molar-refractivity contribution in [2.24, 2.45) is 5.92 Å². The van der Waals surface area contributed by atoms with Crippen LogP contribution in [0.5, 0.6) is 0 Å². The third-order valence-electron chi connectivity index (χ3n) is 2.08. The van der Waals surface area contributed by atoms with Crippen molar-refractivity contribution >= 4 is 23.4 Å². The number of aromatic nitrogens is 2. The van der Waals surface area contributed by atoms with Crippen molar-refractivity contribution in [1.29, 1.82) is 0 Å². The Bertz CT molecular complexity index is 306. The highest BCUT2D eigenvalue weighted by Crippen LogP contribution is 2.09. The molecule has 16 heavy (non-hydrogen) atoms. The number of rotatable bonds is 7. The Labute approximate surface area is 102 Å². The van der Waals surface area contributed by atoms with Crippen LogP contribution in [0.4, 0.5) is 11.6 Å². The van der Waals surface area contributed by atoms with Gasteiger partial charge in [-0.1, -0.05) is 6.92 Å². The molecule has 0 aliphatic heterocycles. The molecule has 0 aromatic carbocycles. The predicted octanol–water partition coefficient (Wildman–Crippen LogP) is 2.32. The van der Waals surface area contributed by atoms with Gasteiger partial charge in [0.05, 0.1) is 12.4 Å². The normalized spacial score (nSPS) is 12.2. The van der Waals surface area contributed by atoms with Gasteiger partial charge in [0.15, 0.2) is 0 Å². The minimum atomic E-state index is 0.639. The molecule has 0 spiro atoms. The highest BCUT2D eigenvalue weighted by Gasteiger charge is 2.02. The molecule has 0 aliphatic rings. The van der Waals surface area contributed by atoms with Crippen LogP contribution in [-0.2, 0) is 0 Å². The molecule has 1 aromatic rings. The van der Waals surface area contributed by atoms with E-state index in [1.807, 2.05) is 18.7 Å². The fraction of sp³-hybridized carbons (Fsp3) is 0.636. The Kier molecular flexibility index (Phi) is 6.00. The Balaban J connectivity index is 2.44. The summed E-state index contributed by atoms with van der Waals surface area (Å²) in [6, 6.07) is 0. The van der Waals surface area contributed by atoms with Gasteiger partial charge in [-0.15, -0.1) is 0 Å². The second-order valence-electron chi connectivity index (χ2n) is 3.76. The van der Waals surface area contributed by atoms with Gasteiger partial charge < -0.3 is 10.6 Å². The van der Waals surface area contributed by atoms with E-state index in [2.05, 4.69) is 33.8 Å². The average Bonchev–Trinajstić information content (AvgIpc) is 2.28. The molecule has 4 nitrogen and oxygen atoms in total. The maximum absolute atomic E-state index is 4.40. The van der Waals surface area contributed by atoms with Crippen molar-refractivity contribution in [2.75, 3.05) is 35.7 Å². The summed E-state index contributed by atoms with van der Waals surface area (Å²) in [7, 11) is 0. The first-order valence-electron chi connectivity index (χ1n) is 5.55. The van der Waals surface area contributed by atoms with Crippen LogP contribution < -0.4 is 10.6 Å². The summed E-state index contributed by atoms with van der Waals surface area (Å²) in [6.07, 6.45) is 5.62. The van der Waals surface area contributed by atoms with E-state index in [0.29, 0.717) is 5.92 Å². The minimum Gasteiger partial charge on any atom is -0.369 e. The number of thioether (sulfide) groups is 1. The van der Waals surface area contributed by atoms with Gasteiger partial charge >= 0.3 is 0 Å². The number of nitrogens with one attached hydrogen (secondary N) is 2. The first kappa shape index (κ1) is 13.1. The van der Waals surface area contributed by atoms with Crippen molar-refractivity contribution in [3.8, 4) is 0 Å². The molecular formula is C11H20N4S. The summed E-state index contributed by atoms with van der Waals surface area (Å²) in [6.45, 7) is 6.07. The van der Waals surface area contributed by atoms with Crippen molar-refractivity contribution in [3.05, 3.63) is 12.4 Å². The Morgan fingerprint density at radius 1 is 1.31 bits per heavy atom. The van der Waals surface area contributed by atoms with Gasteiger partial charge in [0.1, 0.15) is 11.6 Å². The van der Waals surface area contributed by atoms with Gasteiger partial charge in [-0.2, -0.15) is 11.8 Å². The highest BCUT2D eigenvalue weighted by atomic mass is 32.2. The van der Waals surface area contributed by atoms with Gasteiger partial charge in [0, 0.05) is 13.1 Å². The largest absolute Gasteiger partial charge is 0.369 e. The van der Waals surface area contributed by atoms with Gasteiger partial charge in [-0.05, 0) is 24.9 Å². The van der Waals surface area contributed by atoms with Crippen LogP contribution in [-0.4, -0.2) is 35.1 Å². The van der Waals surface area contributed by atoms with E-state index in [0.717, 1.165) is 30.5 Å². The number of hydrogen-bond acceptors (Lipinski definition) is 5. The molecule has 0 saturated carbocycles. The fourth-order valence-corrected chi connectivity index (χ4v) is 2.03. The molecule has 0 radical (unpaired) electrons. The van der Waals surface area contributed by atoms with E-state index in [1.54, 1.807) is 12.4 Å². The zero-order valence-corrected chi connectivity index (χ0v) is 11.0. The van der Waals surface area contributed by atoms with Gasteiger partial charge in [-0.3, -0.25) is 4.98 Å². The average molecular weight is 240 g/mol. The van der Waals surface area contributed by atoms with Crippen molar-refractivity contribution in [3.63, 3.8) is 0 Å². The quantitative estimate of drug-likeness (QED) is 0.766. The molecule has 1 unspecified atom stereocenters. The van der Waals surface area contributed by atoms with E-state index in [4.69, 9.17) is 0 Å². The number of nitrogens with zero attached hydrogens (tertiary/aromatic N) is 2. The molecule has 1 rings (SSSR count). The smallest absolute Gasteiger partial charge is 0.146 e. The molecule has 0 fully saturated rings. The molecule has 1 aromatic heterocycles. The minimum absolute atomic E-state index is 0.639. The molecule has 0 bridgehead atoms. The lowest BCUT2D eigenvalue weighted by molar-refractivity contribution is 0.699. The lowest BCUT2D eigenvalue weighted by atomic mass is 10.2. The molecule has 0 amide bonds. The van der Waals surface area contributed by atoms with E-state index in [-0.39, 0.29) is 0 Å². The Hall–Kier alpha value is -0.970. The second-order valence-corrected chi connectivity index (χ2v) is 4.67. The molecule has 5 heteroatoms. The Morgan fingerprint density at radius 2 is 2.00 bits per heavy atom. The van der Waals surface area contributed by atoms with E-state index in [9.17, 15) is 0 Å². The monoisotopic (exact) mass is 240 g/mol. The highest BCUT2D eigenvalue weighted by molar-refractivity contribution is 7.98. The molecule has 0 aliphatic carbocycles. The molecule has 90 valence electrons. The second kappa shape index (κ2) is 7.33. The number of anilines is 2. The van der Waals surface area contributed by atoms with Crippen LogP contribution in [0.2, 0.25) is 0 Å². The van der Waals surface area contributed by atoms with E-state index >= 15 is 0 Å². The molecule has 2 N–H and O–H groups in total. The summed E-state index contributed by atoms with van der Waals surface area (Å²) in [5.41, 5.74) is 0. The maximum atomic E-state index is 4.40. The summed E-state index contributed by atoms with van der Waals surface area (Å²) < 4.78 is 0. The van der Waals surface area contributed by atoms with Gasteiger partial charge in [0.25, 0.3) is 0 Å². The summed E-state index contributed by atoms with van der Waals surface area (Å²) >= 11 is 1.87. The van der Waals surface area contributed by atoms with Crippen LogP contribution in [0.15, 0.2) is 12.4 Å². The standard InChI is InChI=1S/C11H20N4S/c1-4-13-10-6-12-7-11(15-10)14-5-9(2)8-16-3/h6-7,9H,4-5,8H2,1-3H3,(H2,13,14,15). The summed E-state index contributed by atoms with van der Waals surface area (Å²) in [5, 5.41) is 6.44. The lowest BCUT2D eigenvalue weighted by Crippen LogP contribution is -2.14. The van der Waals surface area contributed by atoms with E-state index in [1.165, 1.54) is 0 Å². The third kappa shape index (κ3) is 4.70. The zero-order chi connectivity index (χ0) is 11.8. The molecule has 1 heterocycles. The molecular weight excluding hydrogens is 220 g/mol. The molecule has 0 saturated heterocycles. The van der Waals surface area contributed by atoms with E-state index < -0.39 is 0 Å². The van der Waals surface area contributed by atoms with Gasteiger partial charge in [0.2, 0.25) is 0 Å². The first-order valence-corrected chi connectivity index (χ1v) is 6.94. The van der Waals surface area contributed by atoms with Crippen LogP contribution in [0, 0.1) is 5.92 Å². The lowest BCUT2D eigenvalue weighted by Gasteiger charge is -2.12.